The maximum Gasteiger partial charge on any atom is 0.340 e. The van der Waals surface area contributed by atoms with Gasteiger partial charge in [-0.25, -0.2) is 4.79 Å². The van der Waals surface area contributed by atoms with Gasteiger partial charge in [0.2, 0.25) is 0 Å². The normalized spacial score (nSPS) is 15.5. The Kier molecular flexibility index (Phi) is 7.13. The SMILES string of the molecule is Cc1cc2c(cc1Nc1cccc3ccccc13)C1(OC(=O)c3ccccc31)c1ccc(N(Cc3ccccc3)Cc3ccccc3)cc1O2. The lowest BCUT2D eigenvalue weighted by Gasteiger charge is -2.38. The summed E-state index contributed by atoms with van der Waals surface area (Å²) < 4.78 is 13.4. The van der Waals surface area contributed by atoms with E-state index in [1.54, 1.807) is 0 Å². The van der Waals surface area contributed by atoms with Gasteiger partial charge < -0.3 is 19.7 Å². The Morgan fingerprint density at radius 2 is 1.26 bits per heavy atom. The topological polar surface area (TPSA) is 50.8 Å². The van der Waals surface area contributed by atoms with Gasteiger partial charge in [-0.1, -0.05) is 115 Å². The summed E-state index contributed by atoms with van der Waals surface area (Å²) >= 11 is 0. The lowest BCUT2D eigenvalue weighted by Crippen LogP contribution is -2.33. The van der Waals surface area contributed by atoms with Crippen LogP contribution in [-0.4, -0.2) is 5.97 Å². The molecule has 1 spiro atoms. The third kappa shape index (κ3) is 4.98. The number of nitrogens with zero attached hydrogens (tertiary/aromatic N) is 1. The Labute approximate surface area is 291 Å². The van der Waals surface area contributed by atoms with Crippen LogP contribution in [-0.2, 0) is 23.4 Å². The van der Waals surface area contributed by atoms with Gasteiger partial charge >= 0.3 is 5.97 Å². The van der Waals surface area contributed by atoms with E-state index >= 15 is 0 Å². The highest BCUT2D eigenvalue weighted by molar-refractivity contribution is 5.98. The lowest BCUT2D eigenvalue weighted by atomic mass is 9.77. The van der Waals surface area contributed by atoms with E-state index < -0.39 is 5.60 Å². The molecule has 1 unspecified atom stereocenters. The molecule has 7 aromatic carbocycles. The fraction of sp³-hybridized carbons (Fsp3) is 0.0889. The highest BCUT2D eigenvalue weighted by atomic mass is 16.6. The standard InChI is InChI=1S/C45H34N2O3/c1-30-25-42-39(27-41(30)46-40-22-12-18-33-17-8-9-19-35(33)40)45(37-21-11-10-20-36(37)44(48)50-45)38-24-23-34(26-43(38)49-42)47(28-31-13-4-2-5-14-31)29-32-15-6-3-7-16-32/h2-27,46H,28-29H2,1H3. The Balaban J connectivity index is 1.18. The van der Waals surface area contributed by atoms with Crippen molar-refractivity contribution in [2.24, 2.45) is 0 Å². The van der Waals surface area contributed by atoms with Crippen LogP contribution in [0.15, 0.2) is 158 Å². The van der Waals surface area contributed by atoms with Crippen molar-refractivity contribution in [2.75, 3.05) is 10.2 Å². The van der Waals surface area contributed by atoms with E-state index in [1.165, 1.54) is 11.1 Å². The Bertz CT molecular complexity index is 2360. The van der Waals surface area contributed by atoms with Gasteiger partial charge in [0.25, 0.3) is 0 Å². The highest BCUT2D eigenvalue weighted by Crippen LogP contribution is 2.57. The first kappa shape index (κ1) is 29.8. The molecule has 242 valence electrons. The van der Waals surface area contributed by atoms with Gasteiger partial charge in [-0.3, -0.25) is 0 Å². The summed E-state index contributed by atoms with van der Waals surface area (Å²) in [5, 5.41) is 5.98. The molecule has 1 N–H and O–H groups in total. The van der Waals surface area contributed by atoms with Crippen molar-refractivity contribution in [3.63, 3.8) is 0 Å². The van der Waals surface area contributed by atoms with Crippen LogP contribution in [0.4, 0.5) is 17.1 Å². The molecule has 0 amide bonds. The molecule has 5 heteroatoms. The monoisotopic (exact) mass is 650 g/mol. The molecule has 0 saturated carbocycles. The van der Waals surface area contributed by atoms with E-state index in [2.05, 4.69) is 138 Å². The zero-order valence-corrected chi connectivity index (χ0v) is 27.6. The summed E-state index contributed by atoms with van der Waals surface area (Å²) in [5.74, 6) is 0.986. The molecule has 0 bridgehead atoms. The number of aryl methyl sites for hydroxylation is 1. The molecular formula is C45H34N2O3. The molecule has 0 aromatic heterocycles. The smallest absolute Gasteiger partial charge is 0.340 e. The summed E-state index contributed by atoms with van der Waals surface area (Å²) in [5.41, 5.74) is 8.15. The number of nitrogens with one attached hydrogen (secondary N) is 1. The van der Waals surface area contributed by atoms with Crippen molar-refractivity contribution in [1.29, 1.82) is 0 Å². The van der Waals surface area contributed by atoms with Crippen LogP contribution in [0.25, 0.3) is 10.8 Å². The first-order chi connectivity index (χ1) is 24.6. The molecule has 1 atom stereocenters. The highest BCUT2D eigenvalue weighted by Gasteiger charge is 2.53. The average molecular weight is 651 g/mol. The first-order valence-corrected chi connectivity index (χ1v) is 16.9. The van der Waals surface area contributed by atoms with Gasteiger partial charge in [-0.2, -0.15) is 0 Å². The molecule has 5 nitrogen and oxygen atoms in total. The number of ether oxygens (including phenoxy) is 2. The third-order valence-corrected chi connectivity index (χ3v) is 9.90. The van der Waals surface area contributed by atoms with Crippen LogP contribution >= 0.6 is 0 Å². The number of anilines is 3. The number of carbonyl (C=O) groups excluding carboxylic acids is 1. The summed E-state index contributed by atoms with van der Waals surface area (Å²) in [6.45, 7) is 3.51. The molecule has 0 aliphatic carbocycles. The zero-order valence-electron chi connectivity index (χ0n) is 27.6. The largest absolute Gasteiger partial charge is 0.456 e. The average Bonchev–Trinajstić information content (AvgIpc) is 3.45. The van der Waals surface area contributed by atoms with E-state index in [0.717, 1.165) is 63.2 Å². The fourth-order valence-corrected chi connectivity index (χ4v) is 7.47. The molecule has 0 fully saturated rings. The van der Waals surface area contributed by atoms with Gasteiger partial charge in [-0.05, 0) is 65.4 Å². The maximum absolute atomic E-state index is 13.6. The van der Waals surface area contributed by atoms with Gasteiger partial charge in [0.05, 0.1) is 5.56 Å². The quantitative estimate of drug-likeness (QED) is 0.174. The minimum Gasteiger partial charge on any atom is -0.456 e. The molecule has 50 heavy (non-hydrogen) atoms. The zero-order chi connectivity index (χ0) is 33.7. The second-order valence-electron chi connectivity index (χ2n) is 13.0. The molecule has 2 aliphatic heterocycles. The molecule has 0 radical (unpaired) electrons. The molecule has 2 heterocycles. The van der Waals surface area contributed by atoms with Crippen LogP contribution < -0.4 is 15.0 Å². The van der Waals surface area contributed by atoms with E-state index in [9.17, 15) is 4.79 Å². The van der Waals surface area contributed by atoms with Crippen molar-refractivity contribution in [3.8, 4) is 11.5 Å². The lowest BCUT2D eigenvalue weighted by molar-refractivity contribution is 0.0224. The van der Waals surface area contributed by atoms with Crippen LogP contribution in [0.5, 0.6) is 11.5 Å². The summed E-state index contributed by atoms with van der Waals surface area (Å²) in [6, 6.07) is 53.7. The van der Waals surface area contributed by atoms with Gasteiger partial charge in [0.15, 0.2) is 5.60 Å². The van der Waals surface area contributed by atoms with Gasteiger partial charge in [0.1, 0.15) is 11.5 Å². The molecule has 0 saturated heterocycles. The molecule has 7 aromatic rings. The van der Waals surface area contributed by atoms with Crippen molar-refractivity contribution >= 4 is 33.8 Å². The number of hydrogen-bond donors (Lipinski definition) is 1. The van der Waals surface area contributed by atoms with Crippen molar-refractivity contribution < 1.29 is 14.3 Å². The Morgan fingerprint density at radius 1 is 0.600 bits per heavy atom. The summed E-state index contributed by atoms with van der Waals surface area (Å²) in [6.07, 6.45) is 0. The van der Waals surface area contributed by atoms with E-state index in [4.69, 9.17) is 9.47 Å². The van der Waals surface area contributed by atoms with Gasteiger partial charge in [0, 0.05) is 58.3 Å². The van der Waals surface area contributed by atoms with Crippen LogP contribution in [0.3, 0.4) is 0 Å². The van der Waals surface area contributed by atoms with Crippen LogP contribution in [0.1, 0.15) is 43.7 Å². The van der Waals surface area contributed by atoms with Crippen molar-refractivity contribution in [1.82, 2.24) is 0 Å². The predicted octanol–water partition coefficient (Wildman–Crippen LogP) is 10.7. The number of fused-ring (bicyclic) bond motifs is 7. The van der Waals surface area contributed by atoms with Crippen molar-refractivity contribution in [2.45, 2.75) is 25.6 Å². The van der Waals surface area contributed by atoms with Crippen molar-refractivity contribution in [3.05, 3.63) is 197 Å². The minimum atomic E-state index is -1.18. The second kappa shape index (κ2) is 12.0. The Hall–Kier alpha value is -6.33. The predicted molar refractivity (Wildman–Crippen MR) is 199 cm³/mol. The van der Waals surface area contributed by atoms with Crippen LogP contribution in [0, 0.1) is 6.92 Å². The van der Waals surface area contributed by atoms with E-state index in [0.29, 0.717) is 17.1 Å². The van der Waals surface area contributed by atoms with E-state index in [1.807, 2.05) is 36.4 Å². The summed E-state index contributed by atoms with van der Waals surface area (Å²) in [4.78, 5) is 16.0. The van der Waals surface area contributed by atoms with Crippen LogP contribution in [0.2, 0.25) is 0 Å². The molecular weight excluding hydrogens is 617 g/mol. The maximum atomic E-state index is 13.6. The molecule has 9 rings (SSSR count). The number of hydrogen-bond acceptors (Lipinski definition) is 5. The number of carbonyl (C=O) groups is 1. The second-order valence-corrected chi connectivity index (χ2v) is 13.0. The fourth-order valence-electron chi connectivity index (χ4n) is 7.47. The number of benzene rings is 7. The van der Waals surface area contributed by atoms with E-state index in [-0.39, 0.29) is 5.97 Å². The Morgan fingerprint density at radius 3 is 2.04 bits per heavy atom. The third-order valence-electron chi connectivity index (χ3n) is 9.90. The summed E-state index contributed by atoms with van der Waals surface area (Å²) in [7, 11) is 0. The first-order valence-electron chi connectivity index (χ1n) is 16.9. The molecule has 2 aliphatic rings. The number of esters is 1. The minimum absolute atomic E-state index is 0.345. The van der Waals surface area contributed by atoms with Gasteiger partial charge in [-0.15, -0.1) is 0 Å². The number of rotatable bonds is 7.